The largest absolute Gasteiger partial charge is 0.394 e. The van der Waals surface area contributed by atoms with Crippen molar-refractivity contribution in [1.82, 2.24) is 9.97 Å². The van der Waals surface area contributed by atoms with E-state index in [2.05, 4.69) is 15.3 Å². The molecular weight excluding hydrogens is 378 g/mol. The second kappa shape index (κ2) is 8.37. The number of aromatic nitrogens is 2. The molecule has 4 rings (SSSR count). The molecule has 5 atom stereocenters. The molecule has 0 spiro atoms. The fourth-order valence-electron chi connectivity index (χ4n) is 4.18. The van der Waals surface area contributed by atoms with Crippen LogP contribution >= 0.6 is 0 Å². The number of carbonyl (C=O) groups excluding carboxylic acids is 1. The van der Waals surface area contributed by atoms with Gasteiger partial charge in [0.15, 0.2) is 0 Å². The molecule has 1 aliphatic heterocycles. The number of fused-ring (bicyclic) bond motifs is 1. The number of aromatic amines is 1. The number of hydrogen-bond donors (Lipinski definition) is 6. The average molecular weight is 405 g/mol. The van der Waals surface area contributed by atoms with E-state index < -0.39 is 37.1 Å². The topological polar surface area (TPSA) is 148 Å². The Morgan fingerprint density at radius 3 is 2.62 bits per heavy atom. The van der Waals surface area contributed by atoms with E-state index in [9.17, 15) is 25.2 Å². The summed E-state index contributed by atoms with van der Waals surface area (Å²) in [4.78, 5) is 19.9. The number of hydrogen-bond acceptors (Lipinski definition) is 7. The molecule has 1 saturated carbocycles. The van der Waals surface area contributed by atoms with Gasteiger partial charge < -0.3 is 35.5 Å². The van der Waals surface area contributed by atoms with E-state index in [1.165, 1.54) is 6.42 Å². The highest BCUT2D eigenvalue weighted by atomic mass is 16.5. The summed E-state index contributed by atoms with van der Waals surface area (Å²) in [6.45, 7) is -0.501. The van der Waals surface area contributed by atoms with Crippen LogP contribution in [0, 0.1) is 5.92 Å². The van der Waals surface area contributed by atoms with Crippen LogP contribution in [0.5, 0.6) is 0 Å². The number of aliphatic hydroxyl groups is 4. The first-order chi connectivity index (χ1) is 14.0. The molecule has 1 saturated heterocycles. The van der Waals surface area contributed by atoms with Gasteiger partial charge in [0, 0.05) is 11.6 Å². The Kier molecular flexibility index (Phi) is 5.84. The molecule has 9 heteroatoms. The summed E-state index contributed by atoms with van der Waals surface area (Å²) in [6.07, 6.45) is -1.14. The van der Waals surface area contributed by atoms with E-state index in [1.54, 1.807) is 18.2 Å². The summed E-state index contributed by atoms with van der Waals surface area (Å²) in [6, 6.07) is 5.27. The summed E-state index contributed by atoms with van der Waals surface area (Å²) in [5, 5.41) is 42.5. The van der Waals surface area contributed by atoms with Gasteiger partial charge in [0.2, 0.25) is 5.91 Å². The van der Waals surface area contributed by atoms with Crippen molar-refractivity contribution in [1.29, 1.82) is 0 Å². The Bertz CT molecular complexity index is 863. The van der Waals surface area contributed by atoms with Crippen LogP contribution in [0.3, 0.4) is 0 Å². The summed E-state index contributed by atoms with van der Waals surface area (Å²) >= 11 is 0. The Labute approximate surface area is 167 Å². The Hall–Kier alpha value is -2.04. The number of carbonyl (C=O) groups is 1. The minimum Gasteiger partial charge on any atom is -0.394 e. The highest BCUT2D eigenvalue weighted by Crippen LogP contribution is 2.32. The average Bonchev–Trinajstić information content (AvgIpc) is 3.16. The third kappa shape index (κ3) is 4.01. The molecule has 0 bridgehead atoms. The van der Waals surface area contributed by atoms with E-state index in [0.29, 0.717) is 16.7 Å². The molecule has 6 N–H and O–H groups in total. The Balaban J connectivity index is 1.53. The van der Waals surface area contributed by atoms with E-state index in [-0.39, 0.29) is 17.6 Å². The molecule has 0 radical (unpaired) electrons. The standard InChI is InChI=1S/C20H27N3O6/c24-9-14-15(25)16(26)17(27)18(29-14)19-22-12-7-6-11(8-13(12)23-19)21-20(28)10-4-2-1-3-5-10/h6-8,10,14-18,24-27H,1-5,9H2,(H,21,28)(H,22,23)/t14-,15-,16+,17-,18-/m1/s1. The summed E-state index contributed by atoms with van der Waals surface area (Å²) in [5.74, 6) is 0.344. The zero-order valence-electron chi connectivity index (χ0n) is 16.0. The van der Waals surface area contributed by atoms with Gasteiger partial charge in [0.1, 0.15) is 36.3 Å². The predicted octanol–water partition coefficient (Wildman–Crippen LogP) is 0.597. The number of amides is 1. The van der Waals surface area contributed by atoms with Crippen molar-refractivity contribution >= 4 is 22.6 Å². The van der Waals surface area contributed by atoms with Crippen LogP contribution < -0.4 is 5.32 Å². The van der Waals surface area contributed by atoms with E-state index in [0.717, 1.165) is 25.7 Å². The fraction of sp³-hybridized carbons (Fsp3) is 0.600. The van der Waals surface area contributed by atoms with Crippen LogP contribution in [0.25, 0.3) is 11.0 Å². The zero-order valence-corrected chi connectivity index (χ0v) is 16.0. The van der Waals surface area contributed by atoms with E-state index >= 15 is 0 Å². The van der Waals surface area contributed by atoms with Gasteiger partial charge in [0.05, 0.1) is 17.6 Å². The maximum atomic E-state index is 12.5. The van der Waals surface area contributed by atoms with E-state index in [1.807, 2.05) is 0 Å². The lowest BCUT2D eigenvalue weighted by Gasteiger charge is -2.39. The molecule has 2 fully saturated rings. The fourth-order valence-corrected chi connectivity index (χ4v) is 4.18. The minimum atomic E-state index is -1.47. The third-order valence-corrected chi connectivity index (χ3v) is 5.91. The third-order valence-electron chi connectivity index (χ3n) is 5.91. The van der Waals surface area contributed by atoms with E-state index in [4.69, 9.17) is 4.74 Å². The number of rotatable bonds is 4. The second-order valence-corrected chi connectivity index (χ2v) is 7.93. The van der Waals surface area contributed by atoms with Crippen molar-refractivity contribution in [3.8, 4) is 0 Å². The van der Waals surface area contributed by atoms with Crippen molar-refractivity contribution < 1.29 is 30.0 Å². The molecular formula is C20H27N3O6. The molecule has 1 aromatic carbocycles. The molecule has 1 aromatic heterocycles. The molecule has 2 heterocycles. The van der Waals surface area contributed by atoms with Gasteiger partial charge in [0.25, 0.3) is 0 Å². The Morgan fingerprint density at radius 1 is 1.14 bits per heavy atom. The molecule has 1 aliphatic carbocycles. The van der Waals surface area contributed by atoms with Crippen molar-refractivity contribution in [3.63, 3.8) is 0 Å². The predicted molar refractivity (Wildman–Crippen MR) is 104 cm³/mol. The van der Waals surface area contributed by atoms with Crippen LogP contribution in [0.15, 0.2) is 18.2 Å². The lowest BCUT2D eigenvalue weighted by Crippen LogP contribution is -2.55. The van der Waals surface area contributed by atoms with Gasteiger partial charge in [-0.05, 0) is 31.0 Å². The summed E-state index contributed by atoms with van der Waals surface area (Å²) in [7, 11) is 0. The molecule has 0 unspecified atom stereocenters. The molecule has 29 heavy (non-hydrogen) atoms. The number of nitrogens with zero attached hydrogens (tertiary/aromatic N) is 1. The van der Waals surface area contributed by atoms with Crippen molar-refractivity contribution in [3.05, 3.63) is 24.0 Å². The molecule has 2 aromatic rings. The molecule has 1 amide bonds. The first kappa shape index (κ1) is 20.2. The molecule has 158 valence electrons. The molecule has 2 aliphatic rings. The van der Waals surface area contributed by atoms with Gasteiger partial charge in [-0.1, -0.05) is 19.3 Å². The number of ether oxygens (including phenoxy) is 1. The molecule has 9 nitrogen and oxygen atoms in total. The highest BCUT2D eigenvalue weighted by Gasteiger charge is 2.45. The quantitative estimate of drug-likeness (QED) is 0.436. The van der Waals surface area contributed by atoms with Crippen LogP contribution in [0.2, 0.25) is 0 Å². The van der Waals surface area contributed by atoms with Crippen LogP contribution in [0.1, 0.15) is 44.0 Å². The SMILES string of the molecule is O=C(Nc1ccc2nc([C@@H]3O[C@H](CO)[C@@H](O)[C@H](O)[C@H]3O)[nH]c2c1)C1CCCCC1. The van der Waals surface area contributed by atoms with Crippen LogP contribution in [-0.2, 0) is 9.53 Å². The normalized spacial score (nSPS) is 31.1. The van der Waals surface area contributed by atoms with Gasteiger partial charge in [-0.2, -0.15) is 0 Å². The van der Waals surface area contributed by atoms with Gasteiger partial charge in [-0.15, -0.1) is 0 Å². The maximum Gasteiger partial charge on any atom is 0.227 e. The van der Waals surface area contributed by atoms with Crippen molar-refractivity contribution in [2.45, 2.75) is 62.6 Å². The number of H-pyrrole nitrogens is 1. The zero-order chi connectivity index (χ0) is 20.5. The second-order valence-electron chi connectivity index (χ2n) is 7.93. The Morgan fingerprint density at radius 2 is 1.90 bits per heavy atom. The number of nitrogens with one attached hydrogen (secondary N) is 2. The summed E-state index contributed by atoms with van der Waals surface area (Å²) in [5.41, 5.74) is 1.89. The number of aliphatic hydroxyl groups excluding tert-OH is 4. The number of anilines is 1. The maximum absolute atomic E-state index is 12.5. The van der Waals surface area contributed by atoms with Crippen molar-refractivity contribution in [2.24, 2.45) is 5.92 Å². The first-order valence-electron chi connectivity index (χ1n) is 10.1. The van der Waals surface area contributed by atoms with Gasteiger partial charge >= 0.3 is 0 Å². The smallest absolute Gasteiger partial charge is 0.227 e. The lowest BCUT2D eigenvalue weighted by molar-refractivity contribution is -0.233. The van der Waals surface area contributed by atoms with Gasteiger partial charge in [-0.3, -0.25) is 4.79 Å². The monoisotopic (exact) mass is 405 g/mol. The van der Waals surface area contributed by atoms with Crippen LogP contribution in [-0.4, -0.2) is 67.3 Å². The summed E-state index contributed by atoms with van der Waals surface area (Å²) < 4.78 is 5.55. The first-order valence-corrected chi connectivity index (χ1v) is 10.1. The number of benzene rings is 1. The highest BCUT2D eigenvalue weighted by molar-refractivity contribution is 5.94. The minimum absolute atomic E-state index is 0.0257. The lowest BCUT2D eigenvalue weighted by atomic mass is 9.88. The number of imidazole rings is 1. The van der Waals surface area contributed by atoms with Crippen molar-refractivity contribution in [2.75, 3.05) is 11.9 Å². The van der Waals surface area contributed by atoms with Crippen LogP contribution in [0.4, 0.5) is 5.69 Å². The van der Waals surface area contributed by atoms with Gasteiger partial charge in [-0.25, -0.2) is 4.98 Å².